The van der Waals surface area contributed by atoms with E-state index in [1.54, 1.807) is 11.9 Å². The van der Waals surface area contributed by atoms with Gasteiger partial charge in [0, 0.05) is 24.0 Å². The molecule has 22 heavy (non-hydrogen) atoms. The van der Waals surface area contributed by atoms with Gasteiger partial charge in [0.05, 0.1) is 11.8 Å². The van der Waals surface area contributed by atoms with Crippen LogP contribution in [0.15, 0.2) is 24.3 Å². The van der Waals surface area contributed by atoms with Crippen molar-refractivity contribution in [2.75, 3.05) is 7.05 Å². The molecule has 2 rings (SSSR count). The maximum Gasteiger partial charge on any atom is 0.307 e. The van der Waals surface area contributed by atoms with Crippen molar-refractivity contribution < 1.29 is 14.7 Å². The van der Waals surface area contributed by atoms with Gasteiger partial charge in [-0.05, 0) is 37.5 Å². The lowest BCUT2D eigenvalue weighted by molar-refractivity contribution is -0.157. The second-order valence-electron chi connectivity index (χ2n) is 6.16. The minimum Gasteiger partial charge on any atom is -0.481 e. The van der Waals surface area contributed by atoms with Gasteiger partial charge in [-0.25, -0.2) is 0 Å². The van der Waals surface area contributed by atoms with Crippen molar-refractivity contribution in [1.82, 2.24) is 4.90 Å². The van der Waals surface area contributed by atoms with Crippen molar-refractivity contribution in [1.29, 1.82) is 0 Å². The van der Waals surface area contributed by atoms with Crippen LogP contribution >= 0.6 is 11.6 Å². The van der Waals surface area contributed by atoms with Crippen LogP contribution in [0.5, 0.6) is 0 Å². The average Bonchev–Trinajstić information content (AvgIpc) is 2.43. The second kappa shape index (κ2) is 6.69. The van der Waals surface area contributed by atoms with Gasteiger partial charge >= 0.3 is 5.97 Å². The Morgan fingerprint density at radius 3 is 2.18 bits per heavy atom. The summed E-state index contributed by atoms with van der Waals surface area (Å²) in [6.45, 7) is 4.05. The summed E-state index contributed by atoms with van der Waals surface area (Å²) in [5.41, 5.74) is 1.11. The molecule has 1 aromatic rings. The topological polar surface area (TPSA) is 57.6 Å². The molecule has 4 atom stereocenters. The van der Waals surface area contributed by atoms with E-state index in [9.17, 15) is 9.59 Å². The number of carboxylic acids is 1. The van der Waals surface area contributed by atoms with Crippen molar-refractivity contribution in [2.24, 2.45) is 11.8 Å². The number of amides is 1. The van der Waals surface area contributed by atoms with Crippen LogP contribution in [0.2, 0.25) is 5.02 Å². The van der Waals surface area contributed by atoms with E-state index >= 15 is 0 Å². The Morgan fingerprint density at radius 1 is 1.18 bits per heavy atom. The molecule has 0 radical (unpaired) electrons. The standard InChI is InChI=1S/C17H22ClNO3/c1-10(12-4-6-13(18)7-5-12)11(2)19(3)16(20)14-8-9-15(14)17(21)22/h4-7,10-11,14-15H,8-9H2,1-3H3,(H,21,22). The van der Waals surface area contributed by atoms with E-state index in [4.69, 9.17) is 16.7 Å². The number of halogens is 1. The molecule has 1 amide bonds. The number of carbonyl (C=O) groups is 2. The fourth-order valence-electron chi connectivity index (χ4n) is 2.93. The van der Waals surface area contributed by atoms with E-state index in [2.05, 4.69) is 6.92 Å². The molecule has 1 aliphatic carbocycles. The minimum absolute atomic E-state index is 0.0104. The molecule has 0 aliphatic heterocycles. The Bertz CT molecular complexity index is 558. The first-order chi connectivity index (χ1) is 10.3. The third-order valence-corrected chi connectivity index (χ3v) is 5.24. The number of rotatable bonds is 5. The predicted molar refractivity (Wildman–Crippen MR) is 85.9 cm³/mol. The van der Waals surface area contributed by atoms with Crippen molar-refractivity contribution in [3.8, 4) is 0 Å². The van der Waals surface area contributed by atoms with Gasteiger partial charge in [-0.3, -0.25) is 9.59 Å². The molecule has 0 saturated heterocycles. The molecular weight excluding hydrogens is 302 g/mol. The average molecular weight is 324 g/mol. The predicted octanol–water partition coefficient (Wildman–Crippen LogP) is 3.40. The third kappa shape index (κ3) is 3.27. The normalized spacial score (nSPS) is 23.3. The lowest BCUT2D eigenvalue weighted by Crippen LogP contribution is -2.48. The quantitative estimate of drug-likeness (QED) is 0.903. The van der Waals surface area contributed by atoms with Crippen molar-refractivity contribution in [3.05, 3.63) is 34.9 Å². The van der Waals surface area contributed by atoms with Gasteiger partial charge in [0.15, 0.2) is 0 Å². The van der Waals surface area contributed by atoms with Gasteiger partial charge in [0.2, 0.25) is 5.91 Å². The molecule has 1 fully saturated rings. The zero-order valence-corrected chi connectivity index (χ0v) is 13.9. The lowest BCUT2D eigenvalue weighted by atomic mass is 9.72. The highest BCUT2D eigenvalue weighted by molar-refractivity contribution is 6.30. The van der Waals surface area contributed by atoms with Crippen LogP contribution in [0.25, 0.3) is 0 Å². The second-order valence-corrected chi connectivity index (χ2v) is 6.59. The van der Waals surface area contributed by atoms with Gasteiger partial charge in [-0.1, -0.05) is 30.7 Å². The van der Waals surface area contributed by atoms with Crippen LogP contribution in [-0.2, 0) is 9.59 Å². The van der Waals surface area contributed by atoms with E-state index in [-0.39, 0.29) is 23.8 Å². The van der Waals surface area contributed by atoms with E-state index in [1.807, 2.05) is 31.2 Å². The zero-order chi connectivity index (χ0) is 16.4. The summed E-state index contributed by atoms with van der Waals surface area (Å²) in [6, 6.07) is 7.60. The van der Waals surface area contributed by atoms with Gasteiger partial charge in [0.1, 0.15) is 0 Å². The van der Waals surface area contributed by atoms with Gasteiger partial charge in [-0.15, -0.1) is 0 Å². The van der Waals surface area contributed by atoms with E-state index in [1.165, 1.54) is 0 Å². The van der Waals surface area contributed by atoms with Crippen LogP contribution in [-0.4, -0.2) is 35.0 Å². The summed E-state index contributed by atoms with van der Waals surface area (Å²) in [4.78, 5) is 25.3. The molecule has 5 heteroatoms. The molecule has 0 aromatic heterocycles. The van der Waals surface area contributed by atoms with Gasteiger partial charge in [-0.2, -0.15) is 0 Å². The van der Waals surface area contributed by atoms with Crippen molar-refractivity contribution >= 4 is 23.5 Å². The summed E-state index contributed by atoms with van der Waals surface area (Å²) in [7, 11) is 1.76. The molecule has 0 spiro atoms. The van der Waals surface area contributed by atoms with E-state index < -0.39 is 11.9 Å². The lowest BCUT2D eigenvalue weighted by Gasteiger charge is -2.38. The monoisotopic (exact) mass is 323 g/mol. The minimum atomic E-state index is -0.864. The van der Waals surface area contributed by atoms with Crippen molar-refractivity contribution in [2.45, 2.75) is 38.6 Å². The highest BCUT2D eigenvalue weighted by atomic mass is 35.5. The first kappa shape index (κ1) is 16.8. The number of likely N-dealkylation sites (N-methyl/N-ethyl adjacent to an activating group) is 1. The number of carbonyl (C=O) groups excluding carboxylic acids is 1. The Kier molecular flexibility index (Phi) is 5.12. The molecular formula is C17H22ClNO3. The molecule has 1 saturated carbocycles. The van der Waals surface area contributed by atoms with Crippen LogP contribution in [0.1, 0.15) is 38.2 Å². The Morgan fingerprint density at radius 2 is 1.73 bits per heavy atom. The number of benzene rings is 1. The van der Waals surface area contributed by atoms with Crippen LogP contribution in [0, 0.1) is 11.8 Å². The maximum atomic E-state index is 12.5. The molecule has 4 nitrogen and oxygen atoms in total. The molecule has 0 bridgehead atoms. The Labute approximate surface area is 136 Å². The number of nitrogens with zero attached hydrogens (tertiary/aromatic N) is 1. The summed E-state index contributed by atoms with van der Waals surface area (Å²) in [5, 5.41) is 9.79. The summed E-state index contributed by atoms with van der Waals surface area (Å²) in [6.07, 6.45) is 1.27. The zero-order valence-electron chi connectivity index (χ0n) is 13.1. The Balaban J connectivity index is 2.04. The molecule has 0 heterocycles. The van der Waals surface area contributed by atoms with Crippen molar-refractivity contribution in [3.63, 3.8) is 0 Å². The highest BCUT2D eigenvalue weighted by Gasteiger charge is 2.43. The summed E-state index contributed by atoms with van der Waals surface area (Å²) < 4.78 is 0. The van der Waals surface area contributed by atoms with Crippen LogP contribution in [0.3, 0.4) is 0 Å². The smallest absolute Gasteiger partial charge is 0.307 e. The highest BCUT2D eigenvalue weighted by Crippen LogP contribution is 2.37. The molecule has 4 unspecified atom stereocenters. The fourth-order valence-corrected chi connectivity index (χ4v) is 3.06. The Hall–Kier alpha value is -1.55. The maximum absolute atomic E-state index is 12.5. The fraction of sp³-hybridized carbons (Fsp3) is 0.529. The van der Waals surface area contributed by atoms with Crippen LogP contribution < -0.4 is 0 Å². The van der Waals surface area contributed by atoms with E-state index in [0.717, 1.165) is 5.56 Å². The number of carboxylic acid groups (broad SMARTS) is 1. The summed E-state index contributed by atoms with van der Waals surface area (Å²) in [5.74, 6) is -1.67. The van der Waals surface area contributed by atoms with Gasteiger partial charge in [0.25, 0.3) is 0 Å². The largest absolute Gasteiger partial charge is 0.481 e. The molecule has 1 N–H and O–H groups in total. The third-order valence-electron chi connectivity index (χ3n) is 4.99. The SMILES string of the molecule is CC(c1ccc(Cl)cc1)C(C)N(C)C(=O)C1CCC1C(=O)O. The molecule has 1 aromatic carbocycles. The summed E-state index contributed by atoms with van der Waals surface area (Å²) >= 11 is 5.90. The molecule has 120 valence electrons. The number of hydrogen-bond donors (Lipinski definition) is 1. The number of aliphatic carboxylic acids is 1. The molecule has 1 aliphatic rings. The van der Waals surface area contributed by atoms with Crippen LogP contribution in [0.4, 0.5) is 0 Å². The first-order valence-electron chi connectivity index (χ1n) is 7.58. The van der Waals surface area contributed by atoms with Gasteiger partial charge < -0.3 is 10.0 Å². The first-order valence-corrected chi connectivity index (χ1v) is 7.95. The number of hydrogen-bond acceptors (Lipinski definition) is 2. The van der Waals surface area contributed by atoms with E-state index in [0.29, 0.717) is 17.9 Å².